The van der Waals surface area contributed by atoms with E-state index in [1.54, 1.807) is 0 Å². The van der Waals surface area contributed by atoms with Gasteiger partial charge in [-0.1, -0.05) is 48.3 Å². The number of halogens is 1. The number of benzene rings is 1. The molecular weight excluding hydrogens is 274 g/mol. The van der Waals surface area contributed by atoms with Crippen LogP contribution >= 0.6 is 15.9 Å². The summed E-state index contributed by atoms with van der Waals surface area (Å²) in [4.78, 5) is 0. The molecule has 96 valence electrons. The van der Waals surface area contributed by atoms with Crippen LogP contribution in [-0.2, 0) is 0 Å². The van der Waals surface area contributed by atoms with Crippen LogP contribution in [0.25, 0.3) is 0 Å². The molecule has 0 fully saturated rings. The maximum absolute atomic E-state index is 3.65. The predicted molar refractivity (Wildman–Crippen MR) is 79.6 cm³/mol. The smallest absolute Gasteiger partial charge is 0.0320 e. The minimum atomic E-state index is 0.505. The second-order valence-electron chi connectivity index (χ2n) is 4.76. The fourth-order valence-corrected chi connectivity index (χ4v) is 2.40. The van der Waals surface area contributed by atoms with E-state index in [4.69, 9.17) is 0 Å². The van der Waals surface area contributed by atoms with E-state index in [2.05, 4.69) is 61.1 Å². The molecule has 0 aromatic heterocycles. The second-order valence-corrected chi connectivity index (χ2v) is 5.56. The van der Waals surface area contributed by atoms with Gasteiger partial charge in [0.25, 0.3) is 0 Å². The Bertz CT molecular complexity index is 337. The summed E-state index contributed by atoms with van der Waals surface area (Å²) in [5.41, 5.74) is 4.09. The van der Waals surface area contributed by atoms with Crippen LogP contribution in [0.15, 0.2) is 16.6 Å². The Labute approximate surface area is 114 Å². The van der Waals surface area contributed by atoms with Crippen molar-refractivity contribution in [3.05, 3.63) is 33.3 Å². The maximum atomic E-state index is 3.65. The van der Waals surface area contributed by atoms with E-state index in [0.717, 1.165) is 6.54 Å². The van der Waals surface area contributed by atoms with Crippen molar-refractivity contribution < 1.29 is 0 Å². The third kappa shape index (κ3) is 4.11. The molecule has 1 nitrogen and oxygen atoms in total. The van der Waals surface area contributed by atoms with Crippen molar-refractivity contribution in [2.24, 2.45) is 0 Å². The van der Waals surface area contributed by atoms with Crippen molar-refractivity contribution in [1.29, 1.82) is 0 Å². The molecule has 0 aliphatic carbocycles. The minimum absolute atomic E-state index is 0.505. The Morgan fingerprint density at radius 3 is 2.18 bits per heavy atom. The molecule has 0 heterocycles. The van der Waals surface area contributed by atoms with Crippen LogP contribution in [0.3, 0.4) is 0 Å². The summed E-state index contributed by atoms with van der Waals surface area (Å²) in [6.45, 7) is 9.90. The lowest BCUT2D eigenvalue weighted by molar-refractivity contribution is 0.493. The predicted octanol–water partition coefficient (Wildman–Crippen LogP) is 4.91. The van der Waals surface area contributed by atoms with Gasteiger partial charge in [0, 0.05) is 10.5 Å². The second kappa shape index (κ2) is 7.17. The first-order valence-electron chi connectivity index (χ1n) is 6.60. The summed E-state index contributed by atoms with van der Waals surface area (Å²) in [6, 6.07) is 5.12. The molecule has 0 aliphatic rings. The summed E-state index contributed by atoms with van der Waals surface area (Å²) in [5.74, 6) is 0. The summed E-state index contributed by atoms with van der Waals surface area (Å²) in [5, 5.41) is 3.65. The van der Waals surface area contributed by atoms with Gasteiger partial charge in [0.05, 0.1) is 0 Å². The Balaban J connectivity index is 2.93. The van der Waals surface area contributed by atoms with Crippen molar-refractivity contribution in [3.63, 3.8) is 0 Å². The highest BCUT2D eigenvalue weighted by Gasteiger charge is 2.11. The minimum Gasteiger partial charge on any atom is -0.310 e. The van der Waals surface area contributed by atoms with Gasteiger partial charge in [0.15, 0.2) is 0 Å². The van der Waals surface area contributed by atoms with E-state index < -0.39 is 0 Å². The molecule has 0 bridgehead atoms. The summed E-state index contributed by atoms with van der Waals surface area (Å²) in [6.07, 6.45) is 3.62. The van der Waals surface area contributed by atoms with Gasteiger partial charge >= 0.3 is 0 Å². The quantitative estimate of drug-likeness (QED) is 0.787. The lowest BCUT2D eigenvalue weighted by Gasteiger charge is -2.20. The number of nitrogens with one attached hydrogen (secondary N) is 1. The first-order valence-corrected chi connectivity index (χ1v) is 7.39. The van der Waals surface area contributed by atoms with Crippen LogP contribution in [-0.4, -0.2) is 6.54 Å². The van der Waals surface area contributed by atoms with E-state index in [0.29, 0.717) is 6.04 Å². The molecule has 0 saturated heterocycles. The standard InChI is InChI=1S/C15H24BrN/c1-5-7-14(17-8-6-2)13-9-11(3)15(16)12(4)10-13/h9-10,14,17H,5-8H2,1-4H3. The van der Waals surface area contributed by atoms with Crippen LogP contribution in [0.1, 0.15) is 55.8 Å². The van der Waals surface area contributed by atoms with Gasteiger partial charge in [0.2, 0.25) is 0 Å². The van der Waals surface area contributed by atoms with Gasteiger partial charge in [0.1, 0.15) is 0 Å². The molecule has 0 spiro atoms. The third-order valence-electron chi connectivity index (χ3n) is 3.08. The highest BCUT2D eigenvalue weighted by molar-refractivity contribution is 9.10. The molecule has 1 aromatic rings. The summed E-state index contributed by atoms with van der Waals surface area (Å²) < 4.78 is 1.24. The lowest BCUT2D eigenvalue weighted by atomic mass is 9.98. The molecule has 1 unspecified atom stereocenters. The van der Waals surface area contributed by atoms with E-state index in [9.17, 15) is 0 Å². The van der Waals surface area contributed by atoms with Gasteiger partial charge in [-0.15, -0.1) is 0 Å². The van der Waals surface area contributed by atoms with Gasteiger partial charge in [-0.3, -0.25) is 0 Å². The lowest BCUT2D eigenvalue weighted by Crippen LogP contribution is -2.22. The molecular formula is C15H24BrN. The average Bonchev–Trinajstić information content (AvgIpc) is 2.31. The molecule has 0 radical (unpaired) electrons. The van der Waals surface area contributed by atoms with Gasteiger partial charge in [-0.25, -0.2) is 0 Å². The van der Waals surface area contributed by atoms with Crippen LogP contribution < -0.4 is 5.32 Å². The van der Waals surface area contributed by atoms with Crippen molar-refractivity contribution in [2.75, 3.05) is 6.54 Å². The fraction of sp³-hybridized carbons (Fsp3) is 0.600. The van der Waals surface area contributed by atoms with Gasteiger partial charge in [-0.2, -0.15) is 0 Å². The topological polar surface area (TPSA) is 12.0 Å². The first-order chi connectivity index (χ1) is 8.10. The van der Waals surface area contributed by atoms with E-state index in [-0.39, 0.29) is 0 Å². The van der Waals surface area contributed by atoms with Crippen LogP contribution in [0.4, 0.5) is 0 Å². The van der Waals surface area contributed by atoms with E-state index >= 15 is 0 Å². The fourth-order valence-electron chi connectivity index (χ4n) is 2.17. The summed E-state index contributed by atoms with van der Waals surface area (Å²) >= 11 is 3.63. The molecule has 2 heteroatoms. The maximum Gasteiger partial charge on any atom is 0.0320 e. The van der Waals surface area contributed by atoms with Gasteiger partial charge in [-0.05, 0) is 49.9 Å². The zero-order chi connectivity index (χ0) is 12.8. The van der Waals surface area contributed by atoms with E-state index in [1.165, 1.54) is 40.4 Å². The third-order valence-corrected chi connectivity index (χ3v) is 4.33. The van der Waals surface area contributed by atoms with Crippen molar-refractivity contribution in [2.45, 2.75) is 53.0 Å². The SMILES string of the molecule is CCCNC(CCC)c1cc(C)c(Br)c(C)c1. The number of hydrogen-bond acceptors (Lipinski definition) is 1. The molecule has 0 amide bonds. The highest BCUT2D eigenvalue weighted by Crippen LogP contribution is 2.27. The number of rotatable bonds is 6. The highest BCUT2D eigenvalue weighted by atomic mass is 79.9. The number of hydrogen-bond donors (Lipinski definition) is 1. The number of aryl methyl sites for hydroxylation is 2. The molecule has 0 aliphatic heterocycles. The van der Waals surface area contributed by atoms with E-state index in [1.807, 2.05) is 0 Å². The molecule has 1 N–H and O–H groups in total. The Kier molecular flexibility index (Phi) is 6.21. The van der Waals surface area contributed by atoms with Crippen molar-refractivity contribution >= 4 is 15.9 Å². The summed E-state index contributed by atoms with van der Waals surface area (Å²) in [7, 11) is 0. The monoisotopic (exact) mass is 297 g/mol. The Morgan fingerprint density at radius 1 is 1.12 bits per heavy atom. The molecule has 1 rings (SSSR count). The Hall–Kier alpha value is -0.340. The van der Waals surface area contributed by atoms with Crippen molar-refractivity contribution in [3.8, 4) is 0 Å². The average molecular weight is 298 g/mol. The van der Waals surface area contributed by atoms with Crippen LogP contribution in [0.5, 0.6) is 0 Å². The van der Waals surface area contributed by atoms with Crippen LogP contribution in [0.2, 0.25) is 0 Å². The zero-order valence-corrected chi connectivity index (χ0v) is 13.0. The molecule has 17 heavy (non-hydrogen) atoms. The largest absolute Gasteiger partial charge is 0.310 e. The molecule has 1 aromatic carbocycles. The first kappa shape index (κ1) is 14.7. The zero-order valence-electron chi connectivity index (χ0n) is 11.4. The molecule has 1 atom stereocenters. The van der Waals surface area contributed by atoms with Crippen LogP contribution in [0, 0.1) is 13.8 Å². The van der Waals surface area contributed by atoms with Gasteiger partial charge < -0.3 is 5.32 Å². The van der Waals surface area contributed by atoms with Crippen molar-refractivity contribution in [1.82, 2.24) is 5.32 Å². The normalized spacial score (nSPS) is 12.8. The molecule has 0 saturated carbocycles. The Morgan fingerprint density at radius 2 is 1.71 bits per heavy atom.